The zero-order chi connectivity index (χ0) is 16.0. The highest BCUT2D eigenvalue weighted by Crippen LogP contribution is 2.29. The molecule has 2 N–H and O–H groups in total. The molecule has 22 heavy (non-hydrogen) atoms. The van der Waals surface area contributed by atoms with Gasteiger partial charge in [-0.05, 0) is 39.9 Å². The summed E-state index contributed by atoms with van der Waals surface area (Å²) < 4.78 is 0. The molecule has 0 aromatic rings. The largest absolute Gasteiger partial charge is 0.393 e. The van der Waals surface area contributed by atoms with Gasteiger partial charge in [-0.15, -0.1) is 0 Å². The smallest absolute Gasteiger partial charge is 0.144 e. The summed E-state index contributed by atoms with van der Waals surface area (Å²) in [5.41, 5.74) is 1.18. The van der Waals surface area contributed by atoms with Crippen molar-refractivity contribution in [3.05, 3.63) is 0 Å². The van der Waals surface area contributed by atoms with Crippen LogP contribution in [0.3, 0.4) is 0 Å². The fourth-order valence-electron chi connectivity index (χ4n) is 3.05. The Hall–Kier alpha value is -0.690. The number of hydrogen-bond donors (Lipinski definition) is 2. The van der Waals surface area contributed by atoms with Crippen LogP contribution in [0.4, 0.5) is 0 Å². The lowest BCUT2D eigenvalue weighted by atomic mass is 9.77. The molecule has 128 valence electrons. The minimum atomic E-state index is -0.471. The highest BCUT2D eigenvalue weighted by atomic mass is 16.6. The molecule has 2 rings (SSSR count). The lowest BCUT2D eigenvalue weighted by molar-refractivity contribution is 0.00979. The summed E-state index contributed by atoms with van der Waals surface area (Å²) in [6, 6.07) is 0. The van der Waals surface area contributed by atoms with Gasteiger partial charge < -0.3 is 20.2 Å². The predicted octanol–water partition coefficient (Wildman–Crippen LogP) is 0.377. The molecule has 2 saturated heterocycles. The fraction of sp³-hybridized carbons (Fsp3) is 0.938. The van der Waals surface area contributed by atoms with E-state index in [0.29, 0.717) is 6.54 Å². The number of aliphatic hydroxyl groups is 1. The van der Waals surface area contributed by atoms with Gasteiger partial charge in [0.1, 0.15) is 12.7 Å². The Kier molecular flexibility index (Phi) is 6.62. The van der Waals surface area contributed by atoms with E-state index in [-0.39, 0.29) is 12.0 Å². The van der Waals surface area contributed by atoms with E-state index in [0.717, 1.165) is 57.8 Å². The summed E-state index contributed by atoms with van der Waals surface area (Å²) in [6.45, 7) is 11.5. The predicted molar refractivity (Wildman–Crippen MR) is 89.2 cm³/mol. The van der Waals surface area contributed by atoms with E-state index in [2.05, 4.69) is 34.2 Å². The number of piperidine rings is 1. The third-order valence-corrected chi connectivity index (χ3v) is 5.11. The Labute approximate surface area is 134 Å². The van der Waals surface area contributed by atoms with Crippen molar-refractivity contribution in [1.29, 1.82) is 0 Å². The van der Waals surface area contributed by atoms with Gasteiger partial charge in [-0.1, -0.05) is 12.1 Å². The van der Waals surface area contributed by atoms with Gasteiger partial charge in [-0.25, -0.2) is 0 Å². The lowest BCUT2D eigenvalue weighted by Gasteiger charge is -2.34. The van der Waals surface area contributed by atoms with E-state index >= 15 is 0 Å². The molecule has 1 unspecified atom stereocenters. The second-order valence-electron chi connectivity index (χ2n) is 7.04. The Morgan fingerprint density at radius 2 is 1.91 bits per heavy atom. The minimum Gasteiger partial charge on any atom is -0.393 e. The van der Waals surface area contributed by atoms with Gasteiger partial charge in [0.15, 0.2) is 0 Å². The quantitative estimate of drug-likeness (QED) is 0.548. The molecule has 0 radical (unpaired) electrons. The molecular formula is C16H32N4O2. The van der Waals surface area contributed by atoms with Crippen LogP contribution in [0, 0.1) is 5.41 Å². The van der Waals surface area contributed by atoms with Gasteiger partial charge in [-0.2, -0.15) is 0 Å². The van der Waals surface area contributed by atoms with Crippen molar-refractivity contribution in [2.75, 3.05) is 59.5 Å². The number of nitrogens with zero attached hydrogens (tertiary/aromatic N) is 3. The number of rotatable bonds is 6. The van der Waals surface area contributed by atoms with Crippen molar-refractivity contribution in [2.24, 2.45) is 10.6 Å². The van der Waals surface area contributed by atoms with Crippen LogP contribution < -0.4 is 5.32 Å². The van der Waals surface area contributed by atoms with E-state index in [1.807, 2.05) is 6.92 Å². The van der Waals surface area contributed by atoms with Crippen molar-refractivity contribution in [3.63, 3.8) is 0 Å². The Morgan fingerprint density at radius 3 is 2.55 bits per heavy atom. The highest BCUT2D eigenvalue weighted by molar-refractivity contribution is 5.87. The van der Waals surface area contributed by atoms with Crippen molar-refractivity contribution in [1.82, 2.24) is 15.1 Å². The molecule has 0 bridgehead atoms. The van der Waals surface area contributed by atoms with Gasteiger partial charge in [0, 0.05) is 38.1 Å². The molecular weight excluding hydrogens is 280 g/mol. The summed E-state index contributed by atoms with van der Waals surface area (Å²) in [7, 11) is 2.13. The molecule has 1 atom stereocenters. The van der Waals surface area contributed by atoms with Crippen LogP contribution in [0.2, 0.25) is 0 Å². The first-order chi connectivity index (χ1) is 10.5. The molecule has 0 spiro atoms. The Bertz CT molecular complexity index is 361. The number of likely N-dealkylation sites (N-methyl/N-ethyl adjacent to an activating group) is 1. The van der Waals surface area contributed by atoms with Crippen LogP contribution in [-0.4, -0.2) is 86.2 Å². The zero-order valence-corrected chi connectivity index (χ0v) is 14.3. The van der Waals surface area contributed by atoms with Crippen molar-refractivity contribution in [3.8, 4) is 0 Å². The molecule has 6 heteroatoms. The molecule has 2 heterocycles. The van der Waals surface area contributed by atoms with E-state index < -0.39 is 6.10 Å². The molecule has 2 aliphatic rings. The normalized spacial score (nSPS) is 25.9. The van der Waals surface area contributed by atoms with E-state index in [1.54, 1.807) is 0 Å². The first-order valence-corrected chi connectivity index (χ1v) is 8.46. The number of hydrogen-bond acceptors (Lipinski definition) is 6. The Balaban J connectivity index is 1.69. The molecule has 0 amide bonds. The monoisotopic (exact) mass is 312 g/mol. The highest BCUT2D eigenvalue weighted by Gasteiger charge is 2.30. The third kappa shape index (κ3) is 5.19. The van der Waals surface area contributed by atoms with Gasteiger partial charge >= 0.3 is 0 Å². The first kappa shape index (κ1) is 17.7. The fourth-order valence-corrected chi connectivity index (χ4v) is 3.05. The summed E-state index contributed by atoms with van der Waals surface area (Å²) in [4.78, 5) is 10.0. The average Bonchev–Trinajstić information content (AvgIpc) is 2.50. The van der Waals surface area contributed by atoms with Crippen molar-refractivity contribution < 1.29 is 9.94 Å². The Morgan fingerprint density at radius 1 is 1.27 bits per heavy atom. The van der Waals surface area contributed by atoms with Gasteiger partial charge in [0.25, 0.3) is 0 Å². The molecule has 0 aliphatic carbocycles. The van der Waals surface area contributed by atoms with Crippen molar-refractivity contribution in [2.45, 2.75) is 32.8 Å². The van der Waals surface area contributed by atoms with Gasteiger partial charge in [0.05, 0.1) is 5.71 Å². The third-order valence-electron chi connectivity index (χ3n) is 5.11. The van der Waals surface area contributed by atoms with E-state index in [4.69, 9.17) is 4.84 Å². The van der Waals surface area contributed by atoms with Crippen molar-refractivity contribution >= 4 is 5.71 Å². The van der Waals surface area contributed by atoms with E-state index in [1.165, 1.54) is 0 Å². The lowest BCUT2D eigenvalue weighted by Crippen LogP contribution is -2.47. The molecule has 0 aromatic heterocycles. The molecule has 2 fully saturated rings. The summed E-state index contributed by atoms with van der Waals surface area (Å²) in [6.07, 6.45) is 1.71. The van der Waals surface area contributed by atoms with Crippen LogP contribution in [0.5, 0.6) is 0 Å². The average molecular weight is 312 g/mol. The second kappa shape index (κ2) is 8.24. The van der Waals surface area contributed by atoms with Gasteiger partial charge in [0.2, 0.25) is 0 Å². The maximum absolute atomic E-state index is 10.1. The van der Waals surface area contributed by atoms with Gasteiger partial charge in [-0.3, -0.25) is 4.90 Å². The standard InChI is InChI=1S/C16H32N4O2/c1-14(16(2)4-6-17-7-5-16)18-22-13-15(21)12-20-10-8-19(3)9-11-20/h15,17,21H,4-13H2,1-3H3/b18-14+. The second-order valence-corrected chi connectivity index (χ2v) is 7.04. The molecule has 0 aromatic carbocycles. The number of β-amino-alcohol motifs (C(OH)–C–C–N with tert-alkyl or cyclic N) is 1. The SMILES string of the molecule is C/C(=N\OCC(O)CN1CCN(C)CC1)C1(C)CCNCC1. The van der Waals surface area contributed by atoms with Crippen LogP contribution in [0.1, 0.15) is 26.7 Å². The minimum absolute atomic E-state index is 0.133. The summed E-state index contributed by atoms with van der Waals surface area (Å²) in [5.74, 6) is 0. The number of nitrogens with one attached hydrogen (secondary N) is 1. The van der Waals surface area contributed by atoms with Crippen LogP contribution >= 0.6 is 0 Å². The zero-order valence-electron chi connectivity index (χ0n) is 14.3. The van der Waals surface area contributed by atoms with E-state index in [9.17, 15) is 5.11 Å². The topological polar surface area (TPSA) is 60.3 Å². The molecule has 0 saturated carbocycles. The van der Waals surface area contributed by atoms with Crippen LogP contribution in [-0.2, 0) is 4.84 Å². The van der Waals surface area contributed by atoms with Crippen LogP contribution in [0.15, 0.2) is 5.16 Å². The summed E-state index contributed by atoms with van der Waals surface area (Å²) in [5, 5.41) is 17.7. The first-order valence-electron chi connectivity index (χ1n) is 8.46. The van der Waals surface area contributed by atoms with Crippen LogP contribution in [0.25, 0.3) is 0 Å². The number of aliphatic hydroxyl groups excluding tert-OH is 1. The maximum atomic E-state index is 10.1. The number of piperazine rings is 1. The molecule has 6 nitrogen and oxygen atoms in total. The molecule has 2 aliphatic heterocycles. The number of oxime groups is 1. The maximum Gasteiger partial charge on any atom is 0.144 e. The summed E-state index contributed by atoms with van der Waals surface area (Å²) >= 11 is 0.